The van der Waals surface area contributed by atoms with E-state index in [2.05, 4.69) is 15.6 Å². The Kier molecular flexibility index (Phi) is 8.09. The van der Waals surface area contributed by atoms with Crippen LogP contribution in [-0.2, 0) is 40.3 Å². The Bertz CT molecular complexity index is 1580. The number of amides is 3. The topological polar surface area (TPSA) is 94.3 Å². The zero-order chi connectivity index (χ0) is 29.1. The molecule has 2 heterocycles. The second-order valence-electron chi connectivity index (χ2n) is 10.2. The molecule has 3 amide bonds. The third-order valence-electron chi connectivity index (χ3n) is 7.34. The van der Waals surface area contributed by atoms with Gasteiger partial charge in [-0.25, -0.2) is 13.2 Å². The molecule has 3 N–H and O–H groups in total. The van der Waals surface area contributed by atoms with Gasteiger partial charge in [-0.15, -0.1) is 0 Å². The van der Waals surface area contributed by atoms with Crippen molar-refractivity contribution in [2.75, 3.05) is 6.54 Å². The molecule has 7 nitrogen and oxygen atoms in total. The highest BCUT2D eigenvalue weighted by molar-refractivity contribution is 6.01. The molecule has 0 saturated heterocycles. The van der Waals surface area contributed by atoms with E-state index in [0.717, 1.165) is 35.0 Å². The number of hydrogen-bond donors (Lipinski definition) is 3. The number of nitrogens with one attached hydrogen (secondary N) is 3. The first kappa shape index (κ1) is 27.9. The summed E-state index contributed by atoms with van der Waals surface area (Å²) in [4.78, 5) is 44.4. The fourth-order valence-electron chi connectivity index (χ4n) is 5.13. The number of rotatable bonds is 8. The van der Waals surface area contributed by atoms with Crippen LogP contribution in [0.4, 0.5) is 13.2 Å². The van der Waals surface area contributed by atoms with Crippen molar-refractivity contribution < 1.29 is 27.6 Å². The molecule has 1 aromatic heterocycles. The number of benzene rings is 3. The minimum absolute atomic E-state index is 0.168. The fourth-order valence-corrected chi connectivity index (χ4v) is 5.13. The first-order valence-corrected chi connectivity index (χ1v) is 13.3. The first-order valence-electron chi connectivity index (χ1n) is 13.3. The van der Waals surface area contributed by atoms with Crippen LogP contribution in [0, 0.1) is 23.4 Å². The Balaban J connectivity index is 1.30. The van der Waals surface area contributed by atoms with Gasteiger partial charge < -0.3 is 20.5 Å². The zero-order valence-corrected chi connectivity index (χ0v) is 22.3. The van der Waals surface area contributed by atoms with E-state index in [9.17, 15) is 27.6 Å². The fraction of sp³-hybridized carbons (Fsp3) is 0.258. The lowest BCUT2D eigenvalue weighted by Crippen LogP contribution is -2.53. The number of para-hydroxylation sites is 1. The molecule has 212 valence electrons. The Labute approximate surface area is 234 Å². The van der Waals surface area contributed by atoms with Gasteiger partial charge in [0.2, 0.25) is 17.7 Å². The lowest BCUT2D eigenvalue weighted by molar-refractivity contribution is -0.140. The van der Waals surface area contributed by atoms with Gasteiger partial charge in [0, 0.05) is 55.2 Å². The maximum Gasteiger partial charge on any atom is 0.245 e. The maximum atomic E-state index is 14.3. The SMILES string of the molecule is CC(C(=O)NCc1cc(F)cc(F)c1)C(=O)NC(Cc1ccccc1)C(=O)N1CCc2[nH]c3c(F)cccc3c2C1. The molecule has 3 aromatic carbocycles. The molecule has 0 saturated carbocycles. The molecule has 1 aliphatic rings. The molecule has 0 aliphatic carbocycles. The van der Waals surface area contributed by atoms with Gasteiger partial charge >= 0.3 is 0 Å². The summed E-state index contributed by atoms with van der Waals surface area (Å²) in [5, 5.41) is 5.97. The van der Waals surface area contributed by atoms with Crippen LogP contribution in [0.25, 0.3) is 10.9 Å². The monoisotopic (exact) mass is 562 g/mol. The van der Waals surface area contributed by atoms with Gasteiger partial charge in [-0.3, -0.25) is 14.4 Å². The van der Waals surface area contributed by atoms with Crippen molar-refractivity contribution in [3.63, 3.8) is 0 Å². The van der Waals surface area contributed by atoms with Gasteiger partial charge in [-0.2, -0.15) is 0 Å². The van der Waals surface area contributed by atoms with E-state index in [-0.39, 0.29) is 36.8 Å². The number of fused-ring (bicyclic) bond motifs is 3. The average molecular weight is 563 g/mol. The summed E-state index contributed by atoms with van der Waals surface area (Å²) in [6.45, 7) is 1.86. The van der Waals surface area contributed by atoms with E-state index in [0.29, 0.717) is 23.9 Å². The summed E-state index contributed by atoms with van der Waals surface area (Å²) in [5.74, 6) is -4.71. The molecule has 0 spiro atoms. The van der Waals surface area contributed by atoms with Gasteiger partial charge in [0.05, 0.1) is 5.52 Å². The van der Waals surface area contributed by atoms with Crippen molar-refractivity contribution >= 4 is 28.6 Å². The van der Waals surface area contributed by atoms with Crippen molar-refractivity contribution in [2.24, 2.45) is 5.92 Å². The van der Waals surface area contributed by atoms with Gasteiger partial charge in [-0.1, -0.05) is 42.5 Å². The van der Waals surface area contributed by atoms with Crippen LogP contribution in [-0.4, -0.2) is 40.2 Å². The number of carbonyl (C=O) groups is 3. The van der Waals surface area contributed by atoms with E-state index < -0.39 is 35.4 Å². The minimum atomic E-state index is -1.18. The summed E-state index contributed by atoms with van der Waals surface area (Å²) >= 11 is 0. The van der Waals surface area contributed by atoms with E-state index in [1.165, 1.54) is 13.0 Å². The van der Waals surface area contributed by atoms with Gasteiger partial charge in [0.1, 0.15) is 29.4 Å². The van der Waals surface area contributed by atoms with Crippen LogP contribution in [0.5, 0.6) is 0 Å². The highest BCUT2D eigenvalue weighted by Crippen LogP contribution is 2.29. The number of H-pyrrole nitrogens is 1. The third-order valence-corrected chi connectivity index (χ3v) is 7.34. The Morgan fingerprint density at radius 2 is 1.66 bits per heavy atom. The lowest BCUT2D eigenvalue weighted by Gasteiger charge is -2.31. The minimum Gasteiger partial charge on any atom is -0.356 e. The van der Waals surface area contributed by atoms with Gasteiger partial charge in [0.25, 0.3) is 0 Å². The lowest BCUT2D eigenvalue weighted by atomic mass is 10.00. The smallest absolute Gasteiger partial charge is 0.245 e. The van der Waals surface area contributed by atoms with Gasteiger partial charge in [-0.05, 0) is 36.2 Å². The van der Waals surface area contributed by atoms with E-state index >= 15 is 0 Å². The predicted octanol–water partition coefficient (Wildman–Crippen LogP) is 4.15. The average Bonchev–Trinajstić information content (AvgIpc) is 3.34. The van der Waals surface area contributed by atoms with Crippen molar-refractivity contribution in [2.45, 2.75) is 38.9 Å². The number of nitrogens with zero attached hydrogens (tertiary/aromatic N) is 1. The Morgan fingerprint density at radius 1 is 0.927 bits per heavy atom. The van der Waals surface area contributed by atoms with Crippen LogP contribution in [0.15, 0.2) is 66.7 Å². The van der Waals surface area contributed by atoms with Crippen LogP contribution < -0.4 is 10.6 Å². The largest absolute Gasteiger partial charge is 0.356 e. The predicted molar refractivity (Wildman–Crippen MR) is 147 cm³/mol. The summed E-state index contributed by atoms with van der Waals surface area (Å²) < 4.78 is 41.3. The highest BCUT2D eigenvalue weighted by atomic mass is 19.1. The normalized spacial score (nSPS) is 14.3. The molecule has 2 atom stereocenters. The molecule has 10 heteroatoms. The zero-order valence-electron chi connectivity index (χ0n) is 22.3. The van der Waals surface area contributed by atoms with Crippen LogP contribution >= 0.6 is 0 Å². The standard InChI is InChI=1S/C31H29F3N4O3/c1-18(29(39)35-16-20-12-21(32)15-22(33)13-20)30(40)37-27(14-19-6-3-2-4-7-19)31(41)38-11-10-26-24(17-38)23-8-5-9-25(34)28(23)36-26/h2-9,12-13,15,18,27,36H,10-11,14,16-17H2,1H3,(H,35,39)(H,37,40). The summed E-state index contributed by atoms with van der Waals surface area (Å²) in [6.07, 6.45) is 0.703. The molecule has 0 fully saturated rings. The highest BCUT2D eigenvalue weighted by Gasteiger charge is 2.32. The van der Waals surface area contributed by atoms with Crippen LogP contribution in [0.2, 0.25) is 0 Å². The summed E-state index contributed by atoms with van der Waals surface area (Å²) in [7, 11) is 0. The molecule has 41 heavy (non-hydrogen) atoms. The molecular weight excluding hydrogens is 533 g/mol. The van der Waals surface area contributed by atoms with Crippen molar-refractivity contribution in [1.82, 2.24) is 20.5 Å². The van der Waals surface area contributed by atoms with Crippen molar-refractivity contribution in [3.05, 3.63) is 107 Å². The van der Waals surface area contributed by atoms with Crippen LogP contribution in [0.3, 0.4) is 0 Å². The molecule has 1 aliphatic heterocycles. The Morgan fingerprint density at radius 3 is 2.39 bits per heavy atom. The molecule has 2 unspecified atom stereocenters. The number of halogens is 3. The quantitative estimate of drug-likeness (QED) is 0.282. The Hall–Kier alpha value is -4.60. The number of carbonyl (C=O) groups excluding carboxylic acids is 3. The molecule has 0 bridgehead atoms. The van der Waals surface area contributed by atoms with E-state index in [4.69, 9.17) is 0 Å². The van der Waals surface area contributed by atoms with E-state index in [1.54, 1.807) is 11.0 Å². The summed E-state index contributed by atoms with van der Waals surface area (Å²) in [5.41, 5.74) is 3.15. The number of aromatic nitrogens is 1. The van der Waals surface area contributed by atoms with E-state index in [1.807, 2.05) is 36.4 Å². The van der Waals surface area contributed by atoms with Crippen LogP contribution in [0.1, 0.15) is 29.3 Å². The first-order chi connectivity index (χ1) is 19.7. The molecule has 5 rings (SSSR count). The number of aromatic amines is 1. The van der Waals surface area contributed by atoms with Crippen molar-refractivity contribution in [1.29, 1.82) is 0 Å². The third kappa shape index (κ3) is 6.26. The molecular formula is C31H29F3N4O3. The maximum absolute atomic E-state index is 14.3. The van der Waals surface area contributed by atoms with Gasteiger partial charge in [0.15, 0.2) is 0 Å². The number of hydrogen-bond acceptors (Lipinski definition) is 3. The molecule has 4 aromatic rings. The summed E-state index contributed by atoms with van der Waals surface area (Å²) in [6, 6.07) is 16.0. The second-order valence-corrected chi connectivity index (χ2v) is 10.2. The second kappa shape index (κ2) is 11.9. The van der Waals surface area contributed by atoms with Crippen molar-refractivity contribution in [3.8, 4) is 0 Å². The molecule has 0 radical (unpaired) electrons.